The second kappa shape index (κ2) is 10.2. The molecular weight excluding hydrogens is 553 g/mol. The molecule has 37 heavy (non-hydrogen) atoms. The van der Waals surface area contributed by atoms with Gasteiger partial charge in [-0.2, -0.15) is 18.4 Å². The number of amides is 1. The maximum atomic E-state index is 13.9. The van der Waals surface area contributed by atoms with E-state index in [9.17, 15) is 23.2 Å². The van der Waals surface area contributed by atoms with Crippen molar-refractivity contribution in [3.63, 3.8) is 0 Å². The number of aromatic nitrogens is 3. The fourth-order valence-electron chi connectivity index (χ4n) is 4.42. The Balaban J connectivity index is 1.60. The molecule has 1 aliphatic carbocycles. The van der Waals surface area contributed by atoms with Crippen molar-refractivity contribution in [1.29, 1.82) is 5.26 Å². The van der Waals surface area contributed by atoms with Gasteiger partial charge in [0.25, 0.3) is 0 Å². The molecule has 12 heteroatoms. The molecule has 8 nitrogen and oxygen atoms in total. The molecule has 1 fully saturated rings. The highest BCUT2D eigenvalue weighted by Crippen LogP contribution is 2.40. The zero-order valence-corrected chi connectivity index (χ0v) is 22.0. The number of hydrogen-bond acceptors (Lipinski definition) is 6. The highest BCUT2D eigenvalue weighted by Gasteiger charge is 2.36. The van der Waals surface area contributed by atoms with E-state index in [0.717, 1.165) is 25.5 Å². The molecule has 0 saturated heterocycles. The van der Waals surface area contributed by atoms with Crippen LogP contribution in [0.2, 0.25) is 0 Å². The molecule has 0 radical (unpaired) electrons. The minimum atomic E-state index is -4.67. The lowest BCUT2D eigenvalue weighted by atomic mass is 9.91. The van der Waals surface area contributed by atoms with E-state index in [-0.39, 0.29) is 29.3 Å². The lowest BCUT2D eigenvalue weighted by molar-refractivity contribution is -0.137. The summed E-state index contributed by atoms with van der Waals surface area (Å²) >= 11 is 3.34. The van der Waals surface area contributed by atoms with E-state index in [2.05, 4.69) is 41.5 Å². The van der Waals surface area contributed by atoms with Gasteiger partial charge in [-0.25, -0.2) is 14.8 Å². The number of benzene rings is 1. The van der Waals surface area contributed by atoms with Gasteiger partial charge in [0.05, 0.1) is 21.2 Å². The van der Waals surface area contributed by atoms with E-state index in [4.69, 9.17) is 4.74 Å². The van der Waals surface area contributed by atoms with Gasteiger partial charge in [-0.3, -0.25) is 0 Å². The van der Waals surface area contributed by atoms with Gasteiger partial charge < -0.3 is 20.4 Å². The average molecular weight is 579 g/mol. The Hall–Kier alpha value is -3.33. The molecule has 2 atom stereocenters. The van der Waals surface area contributed by atoms with Crippen molar-refractivity contribution >= 4 is 38.9 Å². The van der Waals surface area contributed by atoms with E-state index in [1.165, 1.54) is 12.3 Å². The first-order chi connectivity index (χ1) is 17.4. The predicted molar refractivity (Wildman–Crippen MR) is 136 cm³/mol. The van der Waals surface area contributed by atoms with Crippen molar-refractivity contribution in [3.05, 3.63) is 40.1 Å². The van der Waals surface area contributed by atoms with Crippen LogP contribution in [0.3, 0.4) is 0 Å². The summed E-state index contributed by atoms with van der Waals surface area (Å²) in [5.41, 5.74) is -0.757. The Kier molecular flexibility index (Phi) is 7.37. The smallest absolute Gasteiger partial charge is 0.419 e. The van der Waals surface area contributed by atoms with Gasteiger partial charge in [0.1, 0.15) is 17.2 Å². The third-order valence-corrected chi connectivity index (χ3v) is 6.81. The van der Waals surface area contributed by atoms with Crippen molar-refractivity contribution in [2.45, 2.75) is 70.3 Å². The lowest BCUT2D eigenvalue weighted by Crippen LogP contribution is -2.44. The van der Waals surface area contributed by atoms with Gasteiger partial charge >= 0.3 is 12.3 Å². The highest BCUT2D eigenvalue weighted by molar-refractivity contribution is 9.10. The summed E-state index contributed by atoms with van der Waals surface area (Å²) in [4.78, 5) is 23.3. The molecule has 2 heterocycles. The van der Waals surface area contributed by atoms with Gasteiger partial charge in [0, 0.05) is 35.4 Å². The highest BCUT2D eigenvalue weighted by atomic mass is 79.9. The van der Waals surface area contributed by atoms with Crippen LogP contribution in [0, 0.1) is 11.3 Å². The van der Waals surface area contributed by atoms with Crippen LogP contribution >= 0.6 is 15.9 Å². The number of nitrogens with zero attached hydrogens (tertiary/aromatic N) is 3. The van der Waals surface area contributed by atoms with E-state index in [1.807, 2.05) is 6.07 Å². The van der Waals surface area contributed by atoms with E-state index in [1.54, 1.807) is 26.8 Å². The van der Waals surface area contributed by atoms with Crippen molar-refractivity contribution in [2.24, 2.45) is 0 Å². The van der Waals surface area contributed by atoms with E-state index >= 15 is 0 Å². The molecule has 0 spiro atoms. The van der Waals surface area contributed by atoms with Crippen LogP contribution in [-0.4, -0.2) is 38.7 Å². The van der Waals surface area contributed by atoms with Gasteiger partial charge in [-0.15, -0.1) is 0 Å². The second-order valence-electron chi connectivity index (χ2n) is 9.97. The summed E-state index contributed by atoms with van der Waals surface area (Å²) in [5.74, 6) is 0.0629. The summed E-state index contributed by atoms with van der Waals surface area (Å²) in [6, 6.07) is 4.88. The summed E-state index contributed by atoms with van der Waals surface area (Å²) < 4.78 is 47.5. The molecule has 0 unspecified atom stereocenters. The van der Waals surface area contributed by atoms with Crippen molar-refractivity contribution < 1.29 is 22.7 Å². The molecule has 1 amide bonds. The maximum Gasteiger partial charge on any atom is 0.419 e. The van der Waals surface area contributed by atoms with Gasteiger partial charge in [-0.05, 0) is 68.5 Å². The number of fused-ring (bicyclic) bond motifs is 1. The zero-order valence-electron chi connectivity index (χ0n) is 20.5. The maximum absolute atomic E-state index is 13.9. The molecular formula is C25H26BrF3N6O2. The minimum Gasteiger partial charge on any atom is -0.444 e. The van der Waals surface area contributed by atoms with Gasteiger partial charge in [0.2, 0.25) is 5.95 Å². The van der Waals surface area contributed by atoms with E-state index in [0.29, 0.717) is 27.4 Å². The summed E-state index contributed by atoms with van der Waals surface area (Å²) in [6.45, 7) is 5.35. The number of halogens is 4. The zero-order chi connectivity index (χ0) is 27.0. The number of ether oxygens (including phenoxy) is 1. The van der Waals surface area contributed by atoms with Gasteiger partial charge in [-0.1, -0.05) is 6.07 Å². The number of aromatic amines is 1. The average Bonchev–Trinajstić information content (AvgIpc) is 3.22. The fraction of sp³-hybridized carbons (Fsp3) is 0.440. The fourth-order valence-corrected chi connectivity index (χ4v) is 4.97. The van der Waals surface area contributed by atoms with Crippen LogP contribution in [-0.2, 0) is 10.9 Å². The topological polar surface area (TPSA) is 116 Å². The number of H-pyrrole nitrogens is 1. The number of anilines is 1. The monoisotopic (exact) mass is 578 g/mol. The Bertz CT molecular complexity index is 1360. The molecule has 1 saturated carbocycles. The van der Waals surface area contributed by atoms with Crippen LogP contribution in [0.15, 0.2) is 29.0 Å². The van der Waals surface area contributed by atoms with Crippen LogP contribution in [0.1, 0.15) is 57.6 Å². The van der Waals surface area contributed by atoms with Crippen molar-refractivity contribution in [2.75, 3.05) is 5.32 Å². The molecule has 3 aromatic rings. The third-order valence-electron chi connectivity index (χ3n) is 5.99. The molecule has 1 aromatic carbocycles. The number of carbonyl (C=O) groups excluding carboxylic acids is 1. The first kappa shape index (κ1) is 26.7. The first-order valence-electron chi connectivity index (χ1n) is 11.8. The summed E-state index contributed by atoms with van der Waals surface area (Å²) in [6.07, 6.45) is -0.0697. The first-order valence-corrected chi connectivity index (χ1v) is 12.6. The third kappa shape index (κ3) is 6.15. The van der Waals surface area contributed by atoms with Crippen molar-refractivity contribution in [3.8, 4) is 17.3 Å². The summed E-state index contributed by atoms with van der Waals surface area (Å²) in [7, 11) is 0. The molecule has 2 aromatic heterocycles. The minimum absolute atomic E-state index is 0.0629. The number of hydrogen-bond donors (Lipinski definition) is 3. The summed E-state index contributed by atoms with van der Waals surface area (Å²) in [5, 5.41) is 15.8. The Morgan fingerprint density at radius 1 is 1.24 bits per heavy atom. The Morgan fingerprint density at radius 2 is 1.97 bits per heavy atom. The molecule has 0 aliphatic heterocycles. The predicted octanol–water partition coefficient (Wildman–Crippen LogP) is 6.53. The Morgan fingerprint density at radius 3 is 2.65 bits per heavy atom. The number of rotatable bonds is 4. The Labute approximate surface area is 220 Å². The standard InChI is InChI=1S/C25H26BrF3N6O2/c1-24(2,3)37-23(36)34-15-6-4-5-14(9-15)33-22-32-12-18(25(27,28)29)20(35-22)17-11-31-21-16(17)8-7-13(10-30)19(21)26/h7-8,11-12,14-15,31H,4-6,9H2,1-3H3,(H,34,36)(H,32,33,35)/t14-,15-/m0/s1. The van der Waals surface area contributed by atoms with E-state index < -0.39 is 23.4 Å². The van der Waals surface area contributed by atoms with Crippen molar-refractivity contribution in [1.82, 2.24) is 20.3 Å². The number of alkyl halides is 3. The SMILES string of the molecule is CC(C)(C)OC(=O)N[C@H]1CCC[C@H](Nc2ncc(C(F)(F)F)c(-c3c[nH]c4c(Br)c(C#N)ccc34)n2)C1. The largest absolute Gasteiger partial charge is 0.444 e. The normalized spacial score (nSPS) is 18.3. The molecule has 1 aliphatic rings. The number of alkyl carbamates (subject to hydrolysis) is 1. The van der Waals surface area contributed by atoms with Gasteiger partial charge in [0.15, 0.2) is 0 Å². The molecule has 3 N–H and O–H groups in total. The quantitative estimate of drug-likeness (QED) is 0.324. The number of nitrogens with one attached hydrogen (secondary N) is 3. The van der Waals surface area contributed by atoms with Crippen LogP contribution < -0.4 is 10.6 Å². The second-order valence-corrected chi connectivity index (χ2v) is 10.8. The lowest BCUT2D eigenvalue weighted by Gasteiger charge is -2.31. The van der Waals surface area contributed by atoms with Crippen LogP contribution in [0.25, 0.3) is 22.2 Å². The molecule has 0 bridgehead atoms. The van der Waals surface area contributed by atoms with Crippen LogP contribution in [0.4, 0.5) is 23.9 Å². The molecule has 4 rings (SSSR count). The number of nitriles is 1. The number of carbonyl (C=O) groups is 1. The molecule has 196 valence electrons. The van der Waals surface area contributed by atoms with Crippen LogP contribution in [0.5, 0.6) is 0 Å².